The molecule has 0 spiro atoms. The van der Waals surface area contributed by atoms with Crippen LogP contribution in [-0.4, -0.2) is 16.3 Å². The molecule has 0 aliphatic heterocycles. The lowest BCUT2D eigenvalue weighted by Gasteiger charge is -2.15. The summed E-state index contributed by atoms with van der Waals surface area (Å²) >= 11 is 9.49. The highest BCUT2D eigenvalue weighted by atomic mass is 79.9. The van der Waals surface area contributed by atoms with Gasteiger partial charge in [0.15, 0.2) is 0 Å². The highest BCUT2D eigenvalue weighted by molar-refractivity contribution is 9.10. The molecule has 102 valence electrons. The summed E-state index contributed by atoms with van der Waals surface area (Å²) in [7, 11) is 0. The number of halogens is 2. The molecule has 0 aliphatic carbocycles. The molecule has 2 rings (SSSR count). The summed E-state index contributed by atoms with van der Waals surface area (Å²) in [4.78, 5) is 0. The summed E-state index contributed by atoms with van der Waals surface area (Å²) < 4.78 is 2.77. The predicted octanol–water partition coefficient (Wildman–Crippen LogP) is 4.35. The molecule has 5 heteroatoms. The lowest BCUT2D eigenvalue weighted by Crippen LogP contribution is -2.19. The van der Waals surface area contributed by atoms with Gasteiger partial charge < -0.3 is 5.32 Å². The van der Waals surface area contributed by atoms with Crippen molar-refractivity contribution in [2.24, 2.45) is 0 Å². The molecule has 0 radical (unpaired) electrons. The van der Waals surface area contributed by atoms with Gasteiger partial charge in [-0.05, 0) is 53.5 Å². The van der Waals surface area contributed by atoms with Gasteiger partial charge in [-0.2, -0.15) is 5.10 Å². The Balaban J connectivity index is 2.22. The van der Waals surface area contributed by atoms with E-state index in [1.54, 1.807) is 17.1 Å². The Hall–Kier alpha value is -0.840. The van der Waals surface area contributed by atoms with Crippen LogP contribution in [0.15, 0.2) is 35.1 Å². The van der Waals surface area contributed by atoms with Gasteiger partial charge in [-0.3, -0.25) is 0 Å². The second kappa shape index (κ2) is 6.55. The summed E-state index contributed by atoms with van der Waals surface area (Å²) in [6.07, 6.45) is 4.56. The Morgan fingerprint density at radius 1 is 1.47 bits per heavy atom. The second-order valence-electron chi connectivity index (χ2n) is 4.49. The molecule has 2 aromatic rings. The minimum atomic E-state index is 0.339. The zero-order valence-corrected chi connectivity index (χ0v) is 13.4. The highest BCUT2D eigenvalue weighted by Crippen LogP contribution is 2.25. The van der Waals surface area contributed by atoms with Gasteiger partial charge in [0.25, 0.3) is 0 Å². The molecule has 0 saturated heterocycles. The number of hydrogen-bond acceptors (Lipinski definition) is 2. The van der Waals surface area contributed by atoms with Gasteiger partial charge in [-0.25, -0.2) is 4.68 Å². The van der Waals surface area contributed by atoms with E-state index in [1.807, 2.05) is 6.07 Å². The number of rotatable bonds is 5. The molecule has 0 aliphatic rings. The molecule has 1 N–H and O–H groups in total. The quantitative estimate of drug-likeness (QED) is 0.875. The molecule has 1 atom stereocenters. The monoisotopic (exact) mass is 341 g/mol. The SMILES string of the molecule is CCCNC(C)c1ccc(-n2cc(Cl)cn2)c(Br)c1. The van der Waals surface area contributed by atoms with Crippen LogP contribution in [0.3, 0.4) is 0 Å². The summed E-state index contributed by atoms with van der Waals surface area (Å²) in [5, 5.41) is 8.32. The van der Waals surface area contributed by atoms with E-state index in [2.05, 4.69) is 52.3 Å². The van der Waals surface area contributed by atoms with Gasteiger partial charge in [0.1, 0.15) is 0 Å². The maximum Gasteiger partial charge on any atom is 0.0790 e. The predicted molar refractivity (Wildman–Crippen MR) is 83.0 cm³/mol. The third-order valence-corrected chi connectivity index (χ3v) is 3.80. The fraction of sp³-hybridized carbons (Fsp3) is 0.357. The fourth-order valence-corrected chi connectivity index (χ4v) is 2.60. The maximum absolute atomic E-state index is 5.89. The summed E-state index contributed by atoms with van der Waals surface area (Å²) in [6, 6.07) is 6.63. The van der Waals surface area contributed by atoms with Crippen molar-refractivity contribution in [3.05, 3.63) is 45.7 Å². The summed E-state index contributed by atoms with van der Waals surface area (Å²) in [5.41, 5.74) is 2.24. The molecule has 0 fully saturated rings. The topological polar surface area (TPSA) is 29.9 Å². The van der Waals surface area contributed by atoms with E-state index in [0.29, 0.717) is 11.1 Å². The van der Waals surface area contributed by atoms with Crippen molar-refractivity contribution in [1.82, 2.24) is 15.1 Å². The zero-order chi connectivity index (χ0) is 13.8. The van der Waals surface area contributed by atoms with Crippen LogP contribution in [0.1, 0.15) is 31.9 Å². The van der Waals surface area contributed by atoms with Gasteiger partial charge in [0.05, 0.1) is 16.9 Å². The third-order valence-electron chi connectivity index (χ3n) is 2.97. The number of benzene rings is 1. The Bertz CT molecular complexity index is 553. The Morgan fingerprint density at radius 2 is 2.26 bits per heavy atom. The smallest absolute Gasteiger partial charge is 0.0790 e. The van der Waals surface area contributed by atoms with Crippen molar-refractivity contribution in [2.75, 3.05) is 6.54 Å². The molecule has 1 aromatic carbocycles. The lowest BCUT2D eigenvalue weighted by molar-refractivity contribution is 0.570. The van der Waals surface area contributed by atoms with Crippen molar-refractivity contribution < 1.29 is 0 Å². The molecule has 0 saturated carbocycles. The Labute approximate surface area is 127 Å². The lowest BCUT2D eigenvalue weighted by atomic mass is 10.1. The average molecular weight is 343 g/mol. The molecular formula is C14H17BrClN3. The number of aromatic nitrogens is 2. The van der Waals surface area contributed by atoms with Gasteiger partial charge in [-0.15, -0.1) is 0 Å². The van der Waals surface area contributed by atoms with Crippen LogP contribution in [0.25, 0.3) is 5.69 Å². The first kappa shape index (κ1) is 14.6. The van der Waals surface area contributed by atoms with E-state index in [1.165, 1.54) is 5.56 Å². The van der Waals surface area contributed by atoms with Crippen LogP contribution in [0, 0.1) is 0 Å². The summed E-state index contributed by atoms with van der Waals surface area (Å²) in [6.45, 7) is 5.36. The molecule has 3 nitrogen and oxygen atoms in total. The van der Waals surface area contributed by atoms with E-state index in [9.17, 15) is 0 Å². The normalized spacial score (nSPS) is 12.6. The standard InChI is InChI=1S/C14H17BrClN3/c1-3-6-17-10(2)11-4-5-14(13(15)7-11)19-9-12(16)8-18-19/h4-5,7-10,17H,3,6H2,1-2H3. The molecule has 19 heavy (non-hydrogen) atoms. The van der Waals surface area contributed by atoms with E-state index >= 15 is 0 Å². The molecule has 1 heterocycles. The first-order valence-electron chi connectivity index (χ1n) is 6.35. The first-order chi connectivity index (χ1) is 9.11. The third kappa shape index (κ3) is 3.59. The molecular weight excluding hydrogens is 326 g/mol. The van der Waals surface area contributed by atoms with Crippen molar-refractivity contribution >= 4 is 27.5 Å². The van der Waals surface area contributed by atoms with Crippen molar-refractivity contribution in [3.8, 4) is 5.69 Å². The van der Waals surface area contributed by atoms with E-state index < -0.39 is 0 Å². The Kier molecular flexibility index (Phi) is 5.02. The van der Waals surface area contributed by atoms with Crippen LogP contribution in [0.2, 0.25) is 5.02 Å². The molecule has 1 unspecified atom stereocenters. The van der Waals surface area contributed by atoms with Crippen LogP contribution in [-0.2, 0) is 0 Å². The van der Waals surface area contributed by atoms with Crippen molar-refractivity contribution in [1.29, 1.82) is 0 Å². The molecule has 1 aromatic heterocycles. The first-order valence-corrected chi connectivity index (χ1v) is 7.52. The zero-order valence-electron chi connectivity index (χ0n) is 11.0. The van der Waals surface area contributed by atoms with Crippen LogP contribution < -0.4 is 5.32 Å². The fourth-order valence-electron chi connectivity index (χ4n) is 1.89. The highest BCUT2D eigenvalue weighted by Gasteiger charge is 2.09. The van der Waals surface area contributed by atoms with Crippen molar-refractivity contribution in [2.45, 2.75) is 26.3 Å². The summed E-state index contributed by atoms with van der Waals surface area (Å²) in [5.74, 6) is 0. The number of nitrogens with zero attached hydrogens (tertiary/aromatic N) is 2. The van der Waals surface area contributed by atoms with E-state index in [-0.39, 0.29) is 0 Å². The second-order valence-corrected chi connectivity index (χ2v) is 5.78. The van der Waals surface area contributed by atoms with Gasteiger partial charge in [0.2, 0.25) is 0 Å². The Morgan fingerprint density at radius 3 is 2.84 bits per heavy atom. The molecule has 0 amide bonds. The van der Waals surface area contributed by atoms with Crippen LogP contribution in [0.5, 0.6) is 0 Å². The minimum absolute atomic E-state index is 0.339. The van der Waals surface area contributed by atoms with Gasteiger partial charge in [0, 0.05) is 16.7 Å². The average Bonchev–Trinajstić information content (AvgIpc) is 2.82. The van der Waals surface area contributed by atoms with Gasteiger partial charge >= 0.3 is 0 Å². The molecule has 0 bridgehead atoms. The van der Waals surface area contributed by atoms with Gasteiger partial charge in [-0.1, -0.05) is 24.6 Å². The van der Waals surface area contributed by atoms with Crippen molar-refractivity contribution in [3.63, 3.8) is 0 Å². The number of hydrogen-bond donors (Lipinski definition) is 1. The van der Waals surface area contributed by atoms with E-state index in [0.717, 1.165) is 23.1 Å². The van der Waals surface area contributed by atoms with Crippen LogP contribution >= 0.6 is 27.5 Å². The van der Waals surface area contributed by atoms with Crippen LogP contribution in [0.4, 0.5) is 0 Å². The minimum Gasteiger partial charge on any atom is -0.310 e. The maximum atomic E-state index is 5.89. The number of nitrogens with one attached hydrogen (secondary N) is 1. The van der Waals surface area contributed by atoms with E-state index in [4.69, 9.17) is 11.6 Å². The largest absolute Gasteiger partial charge is 0.310 e.